The Morgan fingerprint density at radius 3 is 2.84 bits per heavy atom. The van der Waals surface area contributed by atoms with Gasteiger partial charge in [0.15, 0.2) is 5.11 Å². The van der Waals surface area contributed by atoms with Crippen LogP contribution in [0.4, 0.5) is 0 Å². The van der Waals surface area contributed by atoms with Gasteiger partial charge >= 0.3 is 0 Å². The van der Waals surface area contributed by atoms with Crippen LogP contribution in [0.1, 0.15) is 68.4 Å². The van der Waals surface area contributed by atoms with Gasteiger partial charge in [-0.15, -0.1) is 0 Å². The molecule has 2 N–H and O–H groups in total. The molecular formula is C19H32N4OS. The van der Waals surface area contributed by atoms with Gasteiger partial charge in [-0.1, -0.05) is 19.3 Å². The Hall–Kier alpha value is -1.40. The minimum absolute atomic E-state index is 0.550. The van der Waals surface area contributed by atoms with Crippen molar-refractivity contribution in [1.29, 1.82) is 0 Å². The lowest BCUT2D eigenvalue weighted by Crippen LogP contribution is -2.33. The van der Waals surface area contributed by atoms with Crippen molar-refractivity contribution in [3.8, 4) is 0 Å². The summed E-state index contributed by atoms with van der Waals surface area (Å²) in [5.41, 5.74) is 6.68. The molecule has 140 valence electrons. The normalized spacial score (nSPS) is 15.6. The Bertz CT molecular complexity index is 576. The van der Waals surface area contributed by atoms with Crippen LogP contribution in [0.3, 0.4) is 0 Å². The van der Waals surface area contributed by atoms with Crippen LogP contribution in [0, 0.1) is 13.8 Å². The van der Waals surface area contributed by atoms with Gasteiger partial charge in [-0.2, -0.15) is 5.10 Å². The van der Waals surface area contributed by atoms with Crippen molar-refractivity contribution >= 4 is 23.5 Å². The minimum atomic E-state index is 0.550. The summed E-state index contributed by atoms with van der Waals surface area (Å²) in [5, 5.41) is 7.98. The Kier molecular flexibility index (Phi) is 8.41. The van der Waals surface area contributed by atoms with E-state index in [1.165, 1.54) is 43.5 Å². The molecule has 0 spiro atoms. The van der Waals surface area contributed by atoms with E-state index in [1.807, 2.05) is 13.1 Å². The Balaban J connectivity index is 1.83. The number of aromatic nitrogens is 1. The summed E-state index contributed by atoms with van der Waals surface area (Å²) in [6.45, 7) is 8.68. The third-order valence-electron chi connectivity index (χ3n) is 4.79. The first-order chi connectivity index (χ1) is 12.1. The van der Waals surface area contributed by atoms with Crippen LogP contribution in [0.2, 0.25) is 0 Å². The fourth-order valence-electron chi connectivity index (χ4n) is 3.55. The number of thiocarbonyl (C=S) groups is 1. The predicted octanol–water partition coefficient (Wildman–Crippen LogP) is 3.83. The Labute approximate surface area is 157 Å². The van der Waals surface area contributed by atoms with Crippen LogP contribution in [0.5, 0.6) is 0 Å². The average Bonchev–Trinajstić information content (AvgIpc) is 2.89. The number of nitrogens with zero attached hydrogens (tertiary/aromatic N) is 2. The molecule has 0 bridgehead atoms. The van der Waals surface area contributed by atoms with Gasteiger partial charge in [-0.3, -0.25) is 5.43 Å². The number of hydrogen-bond donors (Lipinski definition) is 2. The zero-order chi connectivity index (χ0) is 18.1. The lowest BCUT2D eigenvalue weighted by molar-refractivity contribution is 0.145. The van der Waals surface area contributed by atoms with Crippen LogP contribution >= 0.6 is 12.2 Å². The maximum Gasteiger partial charge on any atom is 0.186 e. The van der Waals surface area contributed by atoms with Crippen molar-refractivity contribution < 1.29 is 4.74 Å². The Morgan fingerprint density at radius 1 is 1.36 bits per heavy atom. The average molecular weight is 365 g/mol. The van der Waals surface area contributed by atoms with Crippen molar-refractivity contribution in [2.24, 2.45) is 5.10 Å². The lowest BCUT2D eigenvalue weighted by Gasteiger charge is -2.26. The van der Waals surface area contributed by atoms with Gasteiger partial charge in [0.1, 0.15) is 0 Å². The highest BCUT2D eigenvalue weighted by Crippen LogP contribution is 2.31. The summed E-state index contributed by atoms with van der Waals surface area (Å²) in [6.07, 6.45) is 9.45. The first kappa shape index (κ1) is 19.9. The first-order valence-electron chi connectivity index (χ1n) is 9.46. The molecule has 1 aromatic rings. The number of nitrogens with one attached hydrogen (secondary N) is 2. The van der Waals surface area contributed by atoms with E-state index in [1.54, 1.807) is 0 Å². The van der Waals surface area contributed by atoms with E-state index in [0.717, 1.165) is 31.7 Å². The highest BCUT2D eigenvalue weighted by atomic mass is 32.1. The first-order valence-corrected chi connectivity index (χ1v) is 9.87. The monoisotopic (exact) mass is 364 g/mol. The highest BCUT2D eigenvalue weighted by molar-refractivity contribution is 7.80. The van der Waals surface area contributed by atoms with E-state index in [2.05, 4.69) is 40.3 Å². The molecule has 1 aliphatic carbocycles. The molecule has 0 aliphatic heterocycles. The number of ether oxygens (including phenoxy) is 1. The molecular weight excluding hydrogens is 332 g/mol. The molecule has 1 aliphatic rings. The number of hydrogen-bond acceptors (Lipinski definition) is 3. The number of aryl methyl sites for hydroxylation is 1. The van der Waals surface area contributed by atoms with Gasteiger partial charge in [-0.25, -0.2) is 0 Å². The third kappa shape index (κ3) is 6.12. The molecule has 0 unspecified atom stereocenters. The van der Waals surface area contributed by atoms with Crippen LogP contribution in [0.15, 0.2) is 11.2 Å². The molecule has 0 aromatic carbocycles. The van der Waals surface area contributed by atoms with Gasteiger partial charge in [0.05, 0.1) is 6.21 Å². The molecule has 25 heavy (non-hydrogen) atoms. The van der Waals surface area contributed by atoms with E-state index in [4.69, 9.17) is 17.0 Å². The van der Waals surface area contributed by atoms with Gasteiger partial charge < -0.3 is 14.6 Å². The van der Waals surface area contributed by atoms with Crippen molar-refractivity contribution in [2.45, 2.75) is 65.3 Å². The quantitative estimate of drug-likeness (QED) is 0.318. The Morgan fingerprint density at radius 2 is 2.12 bits per heavy atom. The molecule has 0 saturated heterocycles. The van der Waals surface area contributed by atoms with Gasteiger partial charge in [0.2, 0.25) is 0 Å². The number of hydrazone groups is 1. The predicted molar refractivity (Wildman–Crippen MR) is 108 cm³/mol. The summed E-state index contributed by atoms with van der Waals surface area (Å²) >= 11 is 5.23. The van der Waals surface area contributed by atoms with Crippen molar-refractivity contribution in [1.82, 2.24) is 15.3 Å². The van der Waals surface area contributed by atoms with Crippen LogP contribution in [-0.4, -0.2) is 35.7 Å². The second-order valence-electron chi connectivity index (χ2n) is 6.66. The fourth-order valence-corrected chi connectivity index (χ4v) is 3.71. The van der Waals surface area contributed by atoms with E-state index >= 15 is 0 Å². The summed E-state index contributed by atoms with van der Waals surface area (Å²) in [4.78, 5) is 0. The molecule has 1 saturated carbocycles. The smallest absolute Gasteiger partial charge is 0.186 e. The standard InChI is InChI=1S/C19H32N4OS/c1-4-24-12-8-11-20-19(25)22-21-14-17-13-15(2)23(16(17)3)18-9-6-5-7-10-18/h13-14,18H,4-12H2,1-3H3,(H2,20,22,25)/b21-14-. The van der Waals surface area contributed by atoms with E-state index in [0.29, 0.717) is 11.2 Å². The highest BCUT2D eigenvalue weighted by Gasteiger charge is 2.19. The summed E-state index contributed by atoms with van der Waals surface area (Å²) < 4.78 is 7.79. The lowest BCUT2D eigenvalue weighted by atomic mass is 9.95. The third-order valence-corrected chi connectivity index (χ3v) is 5.02. The summed E-state index contributed by atoms with van der Waals surface area (Å²) in [6, 6.07) is 2.87. The summed E-state index contributed by atoms with van der Waals surface area (Å²) in [7, 11) is 0. The van der Waals surface area contributed by atoms with E-state index in [-0.39, 0.29) is 0 Å². The topological polar surface area (TPSA) is 50.6 Å². The molecule has 0 radical (unpaired) electrons. The SMILES string of the molecule is CCOCCCNC(=S)N/N=C\c1cc(C)n(C2CCCCC2)c1C. The van der Waals surface area contributed by atoms with E-state index < -0.39 is 0 Å². The van der Waals surface area contributed by atoms with Crippen molar-refractivity contribution in [3.05, 3.63) is 23.0 Å². The summed E-state index contributed by atoms with van der Waals surface area (Å²) in [5.74, 6) is 0. The second kappa shape index (κ2) is 10.6. The zero-order valence-electron chi connectivity index (χ0n) is 15.8. The molecule has 1 heterocycles. The molecule has 6 heteroatoms. The van der Waals surface area contributed by atoms with Gasteiger partial charge in [0.25, 0.3) is 0 Å². The zero-order valence-corrected chi connectivity index (χ0v) is 16.6. The minimum Gasteiger partial charge on any atom is -0.382 e. The van der Waals surface area contributed by atoms with Crippen LogP contribution in [0.25, 0.3) is 0 Å². The second-order valence-corrected chi connectivity index (χ2v) is 7.07. The van der Waals surface area contributed by atoms with Crippen LogP contribution < -0.4 is 10.7 Å². The van der Waals surface area contributed by atoms with Gasteiger partial charge in [-0.05, 0) is 58.3 Å². The molecule has 1 fully saturated rings. The maximum absolute atomic E-state index is 5.30. The molecule has 0 atom stereocenters. The number of rotatable bonds is 8. The van der Waals surface area contributed by atoms with Gasteiger partial charge in [0, 0.05) is 42.8 Å². The molecule has 1 aromatic heterocycles. The largest absolute Gasteiger partial charge is 0.382 e. The van der Waals surface area contributed by atoms with Crippen LogP contribution in [-0.2, 0) is 4.74 Å². The van der Waals surface area contributed by atoms with Crippen molar-refractivity contribution in [2.75, 3.05) is 19.8 Å². The fraction of sp³-hybridized carbons (Fsp3) is 0.684. The van der Waals surface area contributed by atoms with E-state index in [9.17, 15) is 0 Å². The van der Waals surface area contributed by atoms with Crippen molar-refractivity contribution in [3.63, 3.8) is 0 Å². The maximum atomic E-state index is 5.30. The molecule has 0 amide bonds. The molecule has 2 rings (SSSR count). The molecule has 5 nitrogen and oxygen atoms in total.